The minimum absolute atomic E-state index is 0.0336. The maximum atomic E-state index is 13.8. The fourth-order valence-electron chi connectivity index (χ4n) is 5.61. The van der Waals surface area contributed by atoms with Gasteiger partial charge in [-0.2, -0.15) is 0 Å². The van der Waals surface area contributed by atoms with E-state index in [0.29, 0.717) is 5.92 Å². The molecule has 1 atom stereocenters. The number of imidazole rings is 1. The number of carbonyl (C=O) groups excluding carboxylic acids is 1. The largest absolute Gasteiger partial charge is 0.495 e. The molecule has 0 bridgehead atoms. The van der Waals surface area contributed by atoms with Gasteiger partial charge in [0.1, 0.15) is 5.75 Å². The number of morpholine rings is 1. The van der Waals surface area contributed by atoms with Crippen LogP contribution < -0.4 is 9.64 Å². The number of piperidine rings is 1. The van der Waals surface area contributed by atoms with Crippen LogP contribution in [-0.4, -0.2) is 60.3 Å². The Morgan fingerprint density at radius 3 is 2.47 bits per heavy atom. The number of likely N-dealkylation sites (tertiary alicyclic amines) is 1. The highest BCUT2D eigenvalue weighted by Gasteiger charge is 2.32. The third-order valence-electron chi connectivity index (χ3n) is 7.49. The van der Waals surface area contributed by atoms with Crippen molar-refractivity contribution in [2.45, 2.75) is 39.7 Å². The second-order valence-corrected chi connectivity index (χ2v) is 10.5. The number of anilines is 1. The number of benzene rings is 2. The maximum Gasteiger partial charge on any atom is 0.250 e. The summed E-state index contributed by atoms with van der Waals surface area (Å²) in [5.41, 5.74) is 6.08. The van der Waals surface area contributed by atoms with Crippen LogP contribution in [0.1, 0.15) is 49.6 Å². The van der Waals surface area contributed by atoms with Crippen molar-refractivity contribution in [3.8, 4) is 11.4 Å². The monoisotopic (exact) mass is 514 g/mol. The molecule has 5 rings (SSSR count). The molecule has 0 saturated carbocycles. The van der Waals surface area contributed by atoms with E-state index in [1.165, 1.54) is 11.3 Å². The summed E-state index contributed by atoms with van der Waals surface area (Å²) in [5, 5.41) is 0. The van der Waals surface area contributed by atoms with Gasteiger partial charge in [-0.1, -0.05) is 32.0 Å². The van der Waals surface area contributed by atoms with Crippen molar-refractivity contribution in [1.29, 1.82) is 0 Å². The summed E-state index contributed by atoms with van der Waals surface area (Å²) in [6, 6.07) is 14.9. The number of rotatable bonds is 7. The van der Waals surface area contributed by atoms with Gasteiger partial charge in [0.25, 0.3) is 0 Å². The molecular formula is C31H38N4O3. The van der Waals surface area contributed by atoms with E-state index in [2.05, 4.69) is 52.9 Å². The summed E-state index contributed by atoms with van der Waals surface area (Å²) >= 11 is 0. The summed E-state index contributed by atoms with van der Waals surface area (Å²) in [7, 11) is 1.67. The highest BCUT2D eigenvalue weighted by Crippen LogP contribution is 2.35. The van der Waals surface area contributed by atoms with E-state index in [9.17, 15) is 4.79 Å². The molecule has 2 aromatic carbocycles. The Kier molecular flexibility index (Phi) is 7.84. The van der Waals surface area contributed by atoms with Gasteiger partial charge < -0.3 is 23.8 Å². The quantitative estimate of drug-likeness (QED) is 0.394. The minimum Gasteiger partial charge on any atom is -0.495 e. The summed E-state index contributed by atoms with van der Waals surface area (Å²) in [4.78, 5) is 22.6. The molecule has 1 amide bonds. The number of aromatic nitrogens is 2. The Morgan fingerprint density at radius 2 is 1.82 bits per heavy atom. The fourth-order valence-corrected chi connectivity index (χ4v) is 5.61. The molecule has 2 aliphatic rings. The molecule has 7 heteroatoms. The van der Waals surface area contributed by atoms with Crippen molar-refractivity contribution in [3.63, 3.8) is 0 Å². The lowest BCUT2D eigenvalue weighted by Crippen LogP contribution is -2.41. The highest BCUT2D eigenvalue weighted by molar-refractivity contribution is 5.99. The van der Waals surface area contributed by atoms with Crippen molar-refractivity contribution >= 4 is 17.7 Å². The average Bonchev–Trinajstić information content (AvgIpc) is 3.37. The van der Waals surface area contributed by atoms with E-state index in [4.69, 9.17) is 9.47 Å². The number of ether oxygens (including phenoxy) is 2. The van der Waals surface area contributed by atoms with Crippen LogP contribution in [-0.2, 0) is 9.53 Å². The Labute approximate surface area is 225 Å². The zero-order valence-corrected chi connectivity index (χ0v) is 22.9. The Hall–Kier alpha value is -3.58. The van der Waals surface area contributed by atoms with Gasteiger partial charge in [0, 0.05) is 37.1 Å². The molecule has 200 valence electrons. The van der Waals surface area contributed by atoms with Gasteiger partial charge in [-0.15, -0.1) is 0 Å². The number of carbonyl (C=O) groups is 1. The first kappa shape index (κ1) is 26.0. The molecule has 0 N–H and O–H groups in total. The normalized spacial score (nSPS) is 18.3. The average molecular weight is 515 g/mol. The third kappa shape index (κ3) is 5.48. The van der Waals surface area contributed by atoms with Crippen LogP contribution in [0, 0.1) is 12.8 Å². The number of aryl methyl sites for hydroxylation is 1. The number of hydrogen-bond acceptors (Lipinski definition) is 5. The lowest BCUT2D eigenvalue weighted by molar-refractivity contribution is -0.132. The van der Waals surface area contributed by atoms with E-state index < -0.39 is 0 Å². The lowest BCUT2D eigenvalue weighted by Gasteiger charge is -2.38. The molecule has 0 unspecified atom stereocenters. The highest BCUT2D eigenvalue weighted by atomic mass is 16.5. The van der Waals surface area contributed by atoms with Gasteiger partial charge in [-0.25, -0.2) is 4.98 Å². The van der Waals surface area contributed by atoms with Crippen LogP contribution in [0.5, 0.6) is 5.75 Å². The molecule has 38 heavy (non-hydrogen) atoms. The molecule has 0 spiro atoms. The Balaban J connectivity index is 1.38. The first-order chi connectivity index (χ1) is 18.4. The molecule has 1 aromatic heterocycles. The van der Waals surface area contributed by atoms with E-state index in [1.807, 2.05) is 42.0 Å². The van der Waals surface area contributed by atoms with Gasteiger partial charge in [-0.05, 0) is 67.2 Å². The van der Waals surface area contributed by atoms with E-state index in [0.717, 1.165) is 74.0 Å². The van der Waals surface area contributed by atoms with Gasteiger partial charge >= 0.3 is 0 Å². The number of hydrogen-bond donors (Lipinski definition) is 0. The van der Waals surface area contributed by atoms with Crippen LogP contribution in [0.15, 0.2) is 60.6 Å². The van der Waals surface area contributed by atoms with Crippen molar-refractivity contribution in [2.24, 2.45) is 5.92 Å². The first-order valence-electron chi connectivity index (χ1n) is 13.6. The SMILES string of the molecule is COc1cc(C=C2CCCN([C@H](c3ccc(N4CCOCC4)cc3)C(C)C)C2=O)ccc1-n1cnc(C)c1. The van der Waals surface area contributed by atoms with Crippen molar-refractivity contribution < 1.29 is 14.3 Å². The van der Waals surface area contributed by atoms with Crippen LogP contribution >= 0.6 is 0 Å². The number of methoxy groups -OCH3 is 1. The number of amides is 1. The summed E-state index contributed by atoms with van der Waals surface area (Å²) in [6.07, 6.45) is 7.52. The standard InChI is InChI=1S/C31H38N4O3/c1-22(2)30(25-8-10-27(11-9-25)33-14-16-38-17-15-33)35-13-5-6-26(31(35)36)18-24-7-12-28(29(19-24)37-4)34-20-23(3)32-21-34/h7-12,18-22,30H,5-6,13-17H2,1-4H3/t30-/m0/s1. The van der Waals surface area contributed by atoms with Crippen LogP contribution in [0.3, 0.4) is 0 Å². The van der Waals surface area contributed by atoms with Crippen molar-refractivity contribution in [2.75, 3.05) is 44.9 Å². The molecular weight excluding hydrogens is 476 g/mol. The van der Waals surface area contributed by atoms with E-state index >= 15 is 0 Å². The number of nitrogens with zero attached hydrogens (tertiary/aromatic N) is 4. The van der Waals surface area contributed by atoms with E-state index in [1.54, 1.807) is 13.4 Å². The van der Waals surface area contributed by atoms with Crippen LogP contribution in [0.25, 0.3) is 11.8 Å². The zero-order valence-electron chi connectivity index (χ0n) is 22.9. The fraction of sp³-hybridized carbons (Fsp3) is 0.419. The van der Waals surface area contributed by atoms with Gasteiger partial charge in [0.2, 0.25) is 5.91 Å². The van der Waals surface area contributed by atoms with Gasteiger partial charge in [0.05, 0.1) is 44.1 Å². The maximum absolute atomic E-state index is 13.8. The zero-order chi connectivity index (χ0) is 26.6. The second kappa shape index (κ2) is 11.4. The van der Waals surface area contributed by atoms with Crippen molar-refractivity contribution in [1.82, 2.24) is 14.5 Å². The van der Waals surface area contributed by atoms with E-state index in [-0.39, 0.29) is 11.9 Å². The predicted molar refractivity (Wildman–Crippen MR) is 151 cm³/mol. The molecule has 0 aliphatic carbocycles. The van der Waals surface area contributed by atoms with Crippen molar-refractivity contribution in [3.05, 3.63) is 77.4 Å². The molecule has 0 radical (unpaired) electrons. The summed E-state index contributed by atoms with van der Waals surface area (Å²) in [5.74, 6) is 1.17. The lowest BCUT2D eigenvalue weighted by atomic mass is 9.90. The predicted octanol–water partition coefficient (Wildman–Crippen LogP) is 5.43. The second-order valence-electron chi connectivity index (χ2n) is 10.5. The van der Waals surface area contributed by atoms with Crippen LogP contribution in [0.2, 0.25) is 0 Å². The molecule has 3 aromatic rings. The van der Waals surface area contributed by atoms with Gasteiger partial charge in [0.15, 0.2) is 0 Å². The smallest absolute Gasteiger partial charge is 0.250 e. The van der Waals surface area contributed by atoms with Gasteiger partial charge in [-0.3, -0.25) is 4.79 Å². The Bertz CT molecular complexity index is 1290. The Morgan fingerprint density at radius 1 is 1.05 bits per heavy atom. The summed E-state index contributed by atoms with van der Waals surface area (Å²) in [6.45, 7) is 10.5. The first-order valence-corrected chi connectivity index (χ1v) is 13.6. The molecule has 3 heterocycles. The van der Waals surface area contributed by atoms with Crippen LogP contribution in [0.4, 0.5) is 5.69 Å². The molecule has 2 fully saturated rings. The molecule has 7 nitrogen and oxygen atoms in total. The molecule has 2 aliphatic heterocycles. The third-order valence-corrected chi connectivity index (χ3v) is 7.49. The minimum atomic E-state index is 0.0336. The topological polar surface area (TPSA) is 59.8 Å². The molecule has 2 saturated heterocycles. The summed E-state index contributed by atoms with van der Waals surface area (Å²) < 4.78 is 13.1.